The summed E-state index contributed by atoms with van der Waals surface area (Å²) in [6.07, 6.45) is 3.40. The van der Waals surface area contributed by atoms with Crippen LogP contribution in [0.5, 0.6) is 11.5 Å². The van der Waals surface area contributed by atoms with Crippen molar-refractivity contribution in [2.45, 2.75) is 19.0 Å². The summed E-state index contributed by atoms with van der Waals surface area (Å²) in [5.41, 5.74) is 8.95. The van der Waals surface area contributed by atoms with Crippen LogP contribution in [0, 0.1) is 5.92 Å². The highest BCUT2D eigenvalue weighted by molar-refractivity contribution is 5.45. The van der Waals surface area contributed by atoms with Crippen molar-refractivity contribution in [2.24, 2.45) is 5.92 Å². The fourth-order valence-corrected chi connectivity index (χ4v) is 3.47. The van der Waals surface area contributed by atoms with Gasteiger partial charge < -0.3 is 9.47 Å². The van der Waals surface area contributed by atoms with E-state index in [9.17, 15) is 0 Å². The van der Waals surface area contributed by atoms with E-state index in [-0.39, 0.29) is 12.1 Å². The molecular weight excluding hydrogens is 318 g/mol. The first-order chi connectivity index (χ1) is 12.2. The zero-order valence-corrected chi connectivity index (χ0v) is 14.5. The molecule has 4 rings (SSSR count). The Morgan fingerprint density at radius 2 is 2.16 bits per heavy atom. The van der Waals surface area contributed by atoms with Crippen LogP contribution in [-0.2, 0) is 0 Å². The second-order valence-corrected chi connectivity index (χ2v) is 6.63. The lowest BCUT2D eigenvalue weighted by Gasteiger charge is -2.29. The molecule has 0 radical (unpaired) electrons. The van der Waals surface area contributed by atoms with E-state index in [1.165, 1.54) is 5.56 Å². The van der Waals surface area contributed by atoms with Gasteiger partial charge in [-0.3, -0.25) is 10.3 Å². The van der Waals surface area contributed by atoms with Gasteiger partial charge in [0.05, 0.1) is 11.7 Å². The lowest BCUT2D eigenvalue weighted by Crippen LogP contribution is -2.32. The SMILES string of the molecule is CC(c1ccncn1)N(C)CC1CNNC1c1ccc2c(c1)OCO2. The third-order valence-corrected chi connectivity index (χ3v) is 5.07. The van der Waals surface area contributed by atoms with Crippen molar-refractivity contribution < 1.29 is 9.47 Å². The Balaban J connectivity index is 1.46. The maximum Gasteiger partial charge on any atom is 0.231 e. The van der Waals surface area contributed by atoms with Gasteiger partial charge in [0.25, 0.3) is 0 Å². The van der Waals surface area contributed by atoms with Crippen molar-refractivity contribution in [1.82, 2.24) is 25.7 Å². The topological polar surface area (TPSA) is 71.5 Å². The number of hydrogen-bond donors (Lipinski definition) is 2. The third kappa shape index (κ3) is 3.30. The molecule has 3 heterocycles. The van der Waals surface area contributed by atoms with Crippen molar-refractivity contribution in [3.8, 4) is 11.5 Å². The number of fused-ring (bicyclic) bond motifs is 1. The molecule has 2 N–H and O–H groups in total. The number of nitrogens with zero attached hydrogens (tertiary/aromatic N) is 3. The maximum atomic E-state index is 5.52. The summed E-state index contributed by atoms with van der Waals surface area (Å²) in [6, 6.07) is 8.62. The fraction of sp³-hybridized carbons (Fsp3) is 0.444. The molecule has 1 fully saturated rings. The molecule has 0 bridgehead atoms. The highest BCUT2D eigenvalue weighted by Gasteiger charge is 2.31. The van der Waals surface area contributed by atoms with E-state index >= 15 is 0 Å². The molecule has 0 saturated carbocycles. The van der Waals surface area contributed by atoms with Gasteiger partial charge in [0, 0.05) is 31.2 Å². The lowest BCUT2D eigenvalue weighted by molar-refractivity contribution is 0.174. The van der Waals surface area contributed by atoms with Crippen LogP contribution in [0.15, 0.2) is 36.8 Å². The molecule has 7 nitrogen and oxygen atoms in total. The Bertz CT molecular complexity index is 727. The summed E-state index contributed by atoms with van der Waals surface area (Å²) >= 11 is 0. The van der Waals surface area contributed by atoms with Gasteiger partial charge in [-0.2, -0.15) is 0 Å². The van der Waals surface area contributed by atoms with E-state index < -0.39 is 0 Å². The molecule has 0 amide bonds. The molecule has 3 unspecified atom stereocenters. The molecule has 0 aliphatic carbocycles. The minimum absolute atomic E-state index is 0.231. The van der Waals surface area contributed by atoms with Gasteiger partial charge in [-0.05, 0) is 37.7 Å². The first kappa shape index (κ1) is 16.3. The molecule has 1 aromatic heterocycles. The molecule has 0 spiro atoms. The first-order valence-corrected chi connectivity index (χ1v) is 8.56. The van der Waals surface area contributed by atoms with Gasteiger partial charge >= 0.3 is 0 Å². The van der Waals surface area contributed by atoms with Crippen molar-refractivity contribution in [3.63, 3.8) is 0 Å². The van der Waals surface area contributed by atoms with E-state index in [2.05, 4.69) is 51.8 Å². The van der Waals surface area contributed by atoms with E-state index in [0.29, 0.717) is 12.7 Å². The minimum Gasteiger partial charge on any atom is -0.454 e. The predicted molar refractivity (Wildman–Crippen MR) is 93.0 cm³/mol. The Labute approximate surface area is 147 Å². The highest BCUT2D eigenvalue weighted by atomic mass is 16.7. The van der Waals surface area contributed by atoms with Crippen LogP contribution in [0.25, 0.3) is 0 Å². The zero-order chi connectivity index (χ0) is 17.2. The summed E-state index contributed by atoms with van der Waals surface area (Å²) in [7, 11) is 2.14. The van der Waals surface area contributed by atoms with Crippen molar-refractivity contribution in [2.75, 3.05) is 26.9 Å². The van der Waals surface area contributed by atoms with Gasteiger partial charge in [0.1, 0.15) is 6.33 Å². The molecule has 7 heteroatoms. The Morgan fingerprint density at radius 1 is 1.28 bits per heavy atom. The number of ether oxygens (including phenoxy) is 2. The van der Waals surface area contributed by atoms with Crippen LogP contribution in [0.3, 0.4) is 0 Å². The number of benzene rings is 1. The molecule has 2 aromatic rings. The third-order valence-electron chi connectivity index (χ3n) is 5.07. The molecule has 1 saturated heterocycles. The number of hydrazine groups is 1. The van der Waals surface area contributed by atoms with Gasteiger partial charge in [-0.15, -0.1) is 0 Å². The smallest absolute Gasteiger partial charge is 0.231 e. The van der Waals surface area contributed by atoms with E-state index in [0.717, 1.165) is 30.3 Å². The standard InChI is InChI=1S/C18H23N5O2/c1-12(15-5-6-19-10-20-15)23(2)9-14-8-21-22-18(14)13-3-4-16-17(7-13)25-11-24-16/h3-7,10,12,14,18,21-22H,8-9,11H2,1-2H3. The number of hydrogen-bond acceptors (Lipinski definition) is 7. The molecule has 3 atom stereocenters. The molecule has 2 aliphatic rings. The van der Waals surface area contributed by atoms with E-state index in [1.54, 1.807) is 12.5 Å². The summed E-state index contributed by atoms with van der Waals surface area (Å²) in [6.45, 7) is 4.34. The van der Waals surface area contributed by atoms with Crippen LogP contribution >= 0.6 is 0 Å². The van der Waals surface area contributed by atoms with Gasteiger partial charge in [-0.1, -0.05) is 6.07 Å². The minimum atomic E-state index is 0.231. The van der Waals surface area contributed by atoms with E-state index in [4.69, 9.17) is 9.47 Å². The van der Waals surface area contributed by atoms with Gasteiger partial charge in [-0.25, -0.2) is 15.4 Å². The van der Waals surface area contributed by atoms with Gasteiger partial charge in [0.15, 0.2) is 11.5 Å². The monoisotopic (exact) mass is 341 g/mol. The Kier molecular flexibility index (Phi) is 4.52. The lowest BCUT2D eigenvalue weighted by atomic mass is 9.93. The summed E-state index contributed by atoms with van der Waals surface area (Å²) in [5.74, 6) is 2.09. The maximum absolute atomic E-state index is 5.52. The average molecular weight is 341 g/mol. The molecule has 1 aromatic carbocycles. The quantitative estimate of drug-likeness (QED) is 0.857. The predicted octanol–water partition coefficient (Wildman–Crippen LogP) is 1.66. The van der Waals surface area contributed by atoms with Crippen LogP contribution in [0.1, 0.15) is 30.3 Å². The second kappa shape index (κ2) is 6.95. The average Bonchev–Trinajstić information content (AvgIpc) is 3.30. The molecule has 25 heavy (non-hydrogen) atoms. The van der Waals surface area contributed by atoms with Crippen LogP contribution in [0.4, 0.5) is 0 Å². The van der Waals surface area contributed by atoms with Crippen molar-refractivity contribution >= 4 is 0 Å². The number of nitrogens with one attached hydrogen (secondary N) is 2. The fourth-order valence-electron chi connectivity index (χ4n) is 3.47. The number of rotatable bonds is 5. The Morgan fingerprint density at radius 3 is 3.00 bits per heavy atom. The summed E-state index contributed by atoms with van der Waals surface area (Å²) in [5, 5.41) is 0. The van der Waals surface area contributed by atoms with Gasteiger partial charge in [0.2, 0.25) is 6.79 Å². The van der Waals surface area contributed by atoms with Crippen LogP contribution < -0.4 is 20.3 Å². The first-order valence-electron chi connectivity index (χ1n) is 8.56. The summed E-state index contributed by atoms with van der Waals surface area (Å²) in [4.78, 5) is 10.7. The summed E-state index contributed by atoms with van der Waals surface area (Å²) < 4.78 is 10.9. The largest absolute Gasteiger partial charge is 0.454 e. The molecule has 2 aliphatic heterocycles. The zero-order valence-electron chi connectivity index (χ0n) is 14.5. The second-order valence-electron chi connectivity index (χ2n) is 6.63. The van der Waals surface area contributed by atoms with E-state index in [1.807, 2.05) is 12.1 Å². The number of aromatic nitrogens is 2. The van der Waals surface area contributed by atoms with Crippen molar-refractivity contribution in [1.29, 1.82) is 0 Å². The molecule has 132 valence electrons. The normalized spacial score (nSPS) is 23.2. The van der Waals surface area contributed by atoms with Crippen LogP contribution in [0.2, 0.25) is 0 Å². The van der Waals surface area contributed by atoms with Crippen LogP contribution in [-0.4, -0.2) is 41.8 Å². The highest BCUT2D eigenvalue weighted by Crippen LogP contribution is 2.36. The Hall–Kier alpha value is -2.22. The van der Waals surface area contributed by atoms with Crippen molar-refractivity contribution in [3.05, 3.63) is 48.0 Å². The molecular formula is C18H23N5O2.